The van der Waals surface area contributed by atoms with Crippen LogP contribution in [0.2, 0.25) is 0 Å². The molecule has 0 saturated heterocycles. The van der Waals surface area contributed by atoms with Gasteiger partial charge in [0.25, 0.3) is 0 Å². The zero-order valence-electron chi connectivity index (χ0n) is 12.9. The van der Waals surface area contributed by atoms with E-state index < -0.39 is 0 Å². The minimum atomic E-state index is -0.181. The average Bonchev–Trinajstić information content (AvgIpc) is 3.17. The second-order valence-corrected chi connectivity index (χ2v) is 6.59. The molecule has 1 aromatic carbocycles. The molecule has 3 aromatic rings. The first kappa shape index (κ1) is 14.8. The lowest BCUT2D eigenvalue weighted by Gasteiger charge is -1.98. The molecule has 1 N–H and O–H groups in total. The second-order valence-electron chi connectivity index (χ2n) is 5.73. The van der Waals surface area contributed by atoms with Crippen LogP contribution in [0.4, 0.5) is 5.13 Å². The van der Waals surface area contributed by atoms with Gasteiger partial charge in [0.15, 0.2) is 5.13 Å². The van der Waals surface area contributed by atoms with Crippen LogP contribution in [0.5, 0.6) is 0 Å². The van der Waals surface area contributed by atoms with Crippen molar-refractivity contribution in [2.75, 3.05) is 5.32 Å². The van der Waals surface area contributed by atoms with Gasteiger partial charge in [-0.15, -0.1) is 11.3 Å². The number of anilines is 1. The van der Waals surface area contributed by atoms with Crippen molar-refractivity contribution >= 4 is 28.5 Å². The molecule has 0 atom stereocenters. The van der Waals surface area contributed by atoms with Crippen molar-refractivity contribution < 1.29 is 4.79 Å². The van der Waals surface area contributed by atoms with Gasteiger partial charge in [0.05, 0.1) is 17.6 Å². The second kappa shape index (κ2) is 6.41. The lowest BCUT2D eigenvalue weighted by Crippen LogP contribution is -2.07. The number of nitrogens with zero attached hydrogens (tertiary/aromatic N) is 3. The van der Waals surface area contributed by atoms with Crippen LogP contribution < -0.4 is 5.32 Å². The van der Waals surface area contributed by atoms with Gasteiger partial charge in [-0.1, -0.05) is 18.2 Å². The normalized spacial score (nSPS) is 14.2. The van der Waals surface area contributed by atoms with Crippen molar-refractivity contribution in [3.63, 3.8) is 0 Å². The van der Waals surface area contributed by atoms with Crippen molar-refractivity contribution in [2.45, 2.75) is 18.8 Å². The Balaban J connectivity index is 1.39. The van der Waals surface area contributed by atoms with E-state index in [1.54, 1.807) is 17.0 Å². The van der Waals surface area contributed by atoms with Crippen LogP contribution >= 0.6 is 11.3 Å². The van der Waals surface area contributed by atoms with Gasteiger partial charge in [-0.05, 0) is 31.1 Å². The number of aromatic nitrogens is 3. The Morgan fingerprint density at radius 3 is 2.92 bits per heavy atom. The lowest BCUT2D eigenvalue weighted by molar-refractivity contribution is -0.111. The number of carbonyl (C=O) groups is 1. The molecule has 1 saturated carbocycles. The van der Waals surface area contributed by atoms with E-state index in [0.717, 1.165) is 16.9 Å². The number of benzene rings is 1. The predicted octanol–water partition coefficient (Wildman–Crippen LogP) is 3.86. The van der Waals surface area contributed by atoms with Gasteiger partial charge in [-0.25, -0.2) is 9.67 Å². The molecule has 6 heteroatoms. The number of hydrogen-bond acceptors (Lipinski definition) is 4. The van der Waals surface area contributed by atoms with Gasteiger partial charge in [0, 0.05) is 29.1 Å². The third-order valence-electron chi connectivity index (χ3n) is 3.80. The fourth-order valence-corrected chi connectivity index (χ4v) is 3.17. The van der Waals surface area contributed by atoms with E-state index in [1.807, 2.05) is 41.9 Å². The minimum absolute atomic E-state index is 0.181. The maximum atomic E-state index is 12.0. The number of nitrogens with one attached hydrogen (secondary N) is 1. The fraction of sp³-hybridized carbons (Fsp3) is 0.167. The summed E-state index contributed by atoms with van der Waals surface area (Å²) in [5, 5.41) is 9.80. The van der Waals surface area contributed by atoms with E-state index in [0.29, 0.717) is 11.0 Å². The average molecular weight is 336 g/mol. The van der Waals surface area contributed by atoms with E-state index in [4.69, 9.17) is 0 Å². The molecule has 4 rings (SSSR count). The Morgan fingerprint density at radius 1 is 1.29 bits per heavy atom. The highest BCUT2D eigenvalue weighted by Gasteiger charge is 2.26. The Labute approximate surface area is 143 Å². The SMILES string of the molecule is O=C(/C=C/c1cnn(-c2ccccc2)c1)Nc1nc(C2CC2)cs1. The van der Waals surface area contributed by atoms with Crippen LogP contribution in [0, 0.1) is 0 Å². The Morgan fingerprint density at radius 2 is 2.12 bits per heavy atom. The Hall–Kier alpha value is -2.73. The molecule has 5 nitrogen and oxygen atoms in total. The molecule has 1 aliphatic rings. The molecule has 0 radical (unpaired) electrons. The summed E-state index contributed by atoms with van der Waals surface area (Å²) < 4.78 is 1.78. The molecule has 1 fully saturated rings. The molecule has 1 amide bonds. The molecular weight excluding hydrogens is 320 g/mol. The maximum absolute atomic E-state index is 12.0. The first-order chi connectivity index (χ1) is 11.8. The van der Waals surface area contributed by atoms with Gasteiger partial charge in [0.1, 0.15) is 0 Å². The van der Waals surface area contributed by atoms with Crippen molar-refractivity contribution in [3.05, 3.63) is 65.4 Å². The summed E-state index contributed by atoms with van der Waals surface area (Å²) in [6.45, 7) is 0. The largest absolute Gasteiger partial charge is 0.298 e. The zero-order valence-corrected chi connectivity index (χ0v) is 13.7. The highest BCUT2D eigenvalue weighted by Crippen LogP contribution is 2.40. The van der Waals surface area contributed by atoms with E-state index in [9.17, 15) is 4.79 Å². The number of para-hydroxylation sites is 1. The quantitative estimate of drug-likeness (QED) is 0.720. The van der Waals surface area contributed by atoms with Crippen molar-refractivity contribution in [1.82, 2.24) is 14.8 Å². The Kier molecular flexibility index (Phi) is 3.96. The molecule has 120 valence electrons. The highest BCUT2D eigenvalue weighted by molar-refractivity contribution is 7.14. The number of rotatable bonds is 5. The summed E-state index contributed by atoms with van der Waals surface area (Å²) in [6.07, 6.45) is 9.28. The van der Waals surface area contributed by atoms with Crippen molar-refractivity contribution in [3.8, 4) is 5.69 Å². The van der Waals surface area contributed by atoms with Gasteiger partial charge >= 0.3 is 0 Å². The molecule has 2 aromatic heterocycles. The van der Waals surface area contributed by atoms with E-state index in [-0.39, 0.29) is 5.91 Å². The van der Waals surface area contributed by atoms with Crippen LogP contribution in [-0.4, -0.2) is 20.7 Å². The first-order valence-corrected chi connectivity index (χ1v) is 8.70. The topological polar surface area (TPSA) is 59.8 Å². The lowest BCUT2D eigenvalue weighted by atomic mass is 10.3. The number of hydrogen-bond donors (Lipinski definition) is 1. The summed E-state index contributed by atoms with van der Waals surface area (Å²) in [5.74, 6) is 0.422. The summed E-state index contributed by atoms with van der Waals surface area (Å²) in [7, 11) is 0. The molecule has 24 heavy (non-hydrogen) atoms. The van der Waals surface area contributed by atoms with Crippen LogP contribution in [0.25, 0.3) is 11.8 Å². The molecule has 0 unspecified atom stereocenters. The molecular formula is C18H16N4OS. The van der Waals surface area contributed by atoms with E-state index in [1.165, 1.54) is 30.3 Å². The number of thiazole rings is 1. The monoisotopic (exact) mass is 336 g/mol. The highest BCUT2D eigenvalue weighted by atomic mass is 32.1. The predicted molar refractivity (Wildman–Crippen MR) is 95.3 cm³/mol. The summed E-state index contributed by atoms with van der Waals surface area (Å²) in [6, 6.07) is 9.85. The van der Waals surface area contributed by atoms with Crippen LogP contribution in [0.3, 0.4) is 0 Å². The third-order valence-corrected chi connectivity index (χ3v) is 4.57. The third kappa shape index (κ3) is 3.44. The molecule has 0 bridgehead atoms. The van der Waals surface area contributed by atoms with Gasteiger partial charge in [-0.3, -0.25) is 10.1 Å². The van der Waals surface area contributed by atoms with Gasteiger partial charge in [-0.2, -0.15) is 5.10 Å². The van der Waals surface area contributed by atoms with Gasteiger partial charge < -0.3 is 0 Å². The molecule has 0 spiro atoms. The number of carbonyl (C=O) groups excluding carboxylic acids is 1. The molecule has 1 aliphatic carbocycles. The minimum Gasteiger partial charge on any atom is -0.298 e. The van der Waals surface area contributed by atoms with E-state index >= 15 is 0 Å². The maximum Gasteiger partial charge on any atom is 0.250 e. The summed E-state index contributed by atoms with van der Waals surface area (Å²) in [4.78, 5) is 16.4. The number of amides is 1. The summed E-state index contributed by atoms with van der Waals surface area (Å²) in [5.41, 5.74) is 2.95. The standard InChI is InChI=1S/C18H16N4OS/c23-17(21-18-20-16(12-24-18)14-7-8-14)9-6-13-10-19-22(11-13)15-4-2-1-3-5-15/h1-6,9-12,14H,7-8H2,(H,20,21,23)/b9-6+. The fourth-order valence-electron chi connectivity index (χ4n) is 2.37. The van der Waals surface area contributed by atoms with Crippen LogP contribution in [0.15, 0.2) is 54.2 Å². The van der Waals surface area contributed by atoms with Gasteiger partial charge in [0.2, 0.25) is 5.91 Å². The smallest absolute Gasteiger partial charge is 0.250 e. The first-order valence-electron chi connectivity index (χ1n) is 7.82. The van der Waals surface area contributed by atoms with Crippen molar-refractivity contribution in [2.24, 2.45) is 0 Å². The van der Waals surface area contributed by atoms with Crippen LogP contribution in [-0.2, 0) is 4.79 Å². The zero-order chi connectivity index (χ0) is 16.4. The Bertz CT molecular complexity index is 877. The summed E-state index contributed by atoms with van der Waals surface area (Å²) >= 11 is 1.48. The van der Waals surface area contributed by atoms with Crippen LogP contribution in [0.1, 0.15) is 30.0 Å². The van der Waals surface area contributed by atoms with E-state index in [2.05, 4.69) is 15.4 Å². The molecule has 0 aliphatic heterocycles. The molecule has 2 heterocycles. The van der Waals surface area contributed by atoms with Crippen molar-refractivity contribution in [1.29, 1.82) is 0 Å².